The number of hydrogen-bond donors (Lipinski definition) is 4. The highest BCUT2D eigenvalue weighted by atomic mass is 32.2. The number of amides is 1. The molecule has 0 aliphatic carbocycles. The fourth-order valence-electron chi connectivity index (χ4n) is 1.36. The first-order chi connectivity index (χ1) is 8.77. The van der Waals surface area contributed by atoms with E-state index in [9.17, 15) is 13.2 Å². The highest BCUT2D eigenvalue weighted by Crippen LogP contribution is 2.20. The summed E-state index contributed by atoms with van der Waals surface area (Å²) in [5.41, 5.74) is 6.18. The van der Waals surface area contributed by atoms with Gasteiger partial charge in [-0.3, -0.25) is 10.6 Å². The van der Waals surface area contributed by atoms with Gasteiger partial charge in [0.2, 0.25) is 5.91 Å². The van der Waals surface area contributed by atoms with E-state index in [4.69, 9.17) is 11.6 Å². The number of anilines is 1. The van der Waals surface area contributed by atoms with E-state index in [2.05, 4.69) is 15.1 Å². The van der Waals surface area contributed by atoms with Gasteiger partial charge in [0.1, 0.15) is 5.54 Å². The predicted molar refractivity (Wildman–Crippen MR) is 70.3 cm³/mol. The molecule has 106 valence electrons. The number of hydrogen-bond acceptors (Lipinski definition) is 6. The van der Waals surface area contributed by atoms with Gasteiger partial charge < -0.3 is 11.2 Å². The topological polar surface area (TPSA) is 140 Å². The zero-order valence-corrected chi connectivity index (χ0v) is 11.5. The molecule has 1 atom stereocenters. The molecule has 0 saturated carbocycles. The van der Waals surface area contributed by atoms with Crippen LogP contribution < -0.4 is 21.7 Å². The van der Waals surface area contributed by atoms with Crippen molar-refractivity contribution in [3.05, 3.63) is 18.3 Å². The third kappa shape index (κ3) is 3.19. The molecule has 6 N–H and O–H groups in total. The highest BCUT2D eigenvalue weighted by molar-refractivity contribution is 7.89. The summed E-state index contributed by atoms with van der Waals surface area (Å²) in [5, 5.41) is -0.293. The van der Waals surface area contributed by atoms with Crippen LogP contribution in [0, 0.1) is 0 Å². The minimum absolute atomic E-state index is 0.123. The number of primary amides is 1. The normalized spacial score (nSPS) is 14.7. The van der Waals surface area contributed by atoms with Crippen LogP contribution in [0.5, 0.6) is 0 Å². The summed E-state index contributed by atoms with van der Waals surface area (Å²) in [7, 11) is -4.02. The summed E-state index contributed by atoms with van der Waals surface area (Å²) in [6, 6.07) is 2.98. The fourth-order valence-corrected chi connectivity index (χ4v) is 2.91. The summed E-state index contributed by atoms with van der Waals surface area (Å²) >= 11 is 0. The molecule has 1 unspecified atom stereocenters. The number of nitrogen functional groups attached to an aromatic ring is 1. The molecule has 0 spiro atoms. The maximum absolute atomic E-state index is 12.2. The molecule has 0 bridgehead atoms. The standard InChI is InChI=1S/C10H17N5O3S/c1-3-10(2,9(11)16)15-19(17,18)8-7(14-12)5-4-6-13-8/h4-6,14-15H,3,12H2,1-2H3,(H2,11,16). The molecule has 8 nitrogen and oxygen atoms in total. The van der Waals surface area contributed by atoms with E-state index in [1.165, 1.54) is 25.3 Å². The summed E-state index contributed by atoms with van der Waals surface area (Å²) < 4.78 is 26.7. The van der Waals surface area contributed by atoms with Crippen LogP contribution in [-0.2, 0) is 14.8 Å². The van der Waals surface area contributed by atoms with Crippen LogP contribution in [0.4, 0.5) is 5.69 Å². The summed E-state index contributed by atoms with van der Waals surface area (Å²) in [4.78, 5) is 15.1. The lowest BCUT2D eigenvalue weighted by molar-refractivity contribution is -0.123. The molecule has 0 aliphatic rings. The zero-order valence-electron chi connectivity index (χ0n) is 10.7. The van der Waals surface area contributed by atoms with Gasteiger partial charge in [0.25, 0.3) is 10.0 Å². The minimum atomic E-state index is -4.02. The Balaban J connectivity index is 3.22. The van der Waals surface area contributed by atoms with Crippen LogP contribution in [0.1, 0.15) is 20.3 Å². The van der Waals surface area contributed by atoms with Crippen LogP contribution in [0.2, 0.25) is 0 Å². The third-order valence-corrected chi connectivity index (χ3v) is 4.35. The monoisotopic (exact) mass is 287 g/mol. The number of hydrazine groups is 1. The highest BCUT2D eigenvalue weighted by Gasteiger charge is 2.35. The molecule has 0 aromatic carbocycles. The van der Waals surface area contributed by atoms with E-state index >= 15 is 0 Å². The first kappa shape index (κ1) is 15.3. The predicted octanol–water partition coefficient (Wildman–Crippen LogP) is -0.700. The number of sulfonamides is 1. The summed E-state index contributed by atoms with van der Waals surface area (Å²) in [6.07, 6.45) is 1.52. The number of aromatic nitrogens is 1. The largest absolute Gasteiger partial charge is 0.368 e. The first-order valence-corrected chi connectivity index (χ1v) is 7.00. The molecule has 19 heavy (non-hydrogen) atoms. The average molecular weight is 287 g/mol. The lowest BCUT2D eigenvalue weighted by Gasteiger charge is -2.25. The Hall–Kier alpha value is -1.71. The number of rotatable bonds is 6. The van der Waals surface area contributed by atoms with Crippen molar-refractivity contribution in [2.24, 2.45) is 11.6 Å². The molecule has 1 aromatic heterocycles. The van der Waals surface area contributed by atoms with Crippen LogP contribution >= 0.6 is 0 Å². The second-order valence-electron chi connectivity index (χ2n) is 4.16. The number of nitrogens with zero attached hydrogens (tertiary/aromatic N) is 1. The van der Waals surface area contributed by atoms with Gasteiger partial charge >= 0.3 is 0 Å². The van der Waals surface area contributed by atoms with Crippen molar-refractivity contribution in [3.8, 4) is 0 Å². The molecule has 9 heteroatoms. The van der Waals surface area contributed by atoms with E-state index in [-0.39, 0.29) is 17.1 Å². The smallest absolute Gasteiger partial charge is 0.261 e. The molecule has 1 heterocycles. The number of pyridine rings is 1. The number of carbonyl (C=O) groups is 1. The molecule has 0 fully saturated rings. The van der Waals surface area contributed by atoms with Crippen LogP contribution in [-0.4, -0.2) is 24.8 Å². The van der Waals surface area contributed by atoms with Crippen molar-refractivity contribution >= 4 is 21.6 Å². The van der Waals surface area contributed by atoms with Gasteiger partial charge in [-0.15, -0.1) is 0 Å². The van der Waals surface area contributed by atoms with E-state index in [0.717, 1.165) is 0 Å². The van der Waals surface area contributed by atoms with E-state index in [1.54, 1.807) is 6.92 Å². The number of nitrogens with one attached hydrogen (secondary N) is 2. The van der Waals surface area contributed by atoms with Gasteiger partial charge in [-0.2, -0.15) is 4.72 Å². The molecular formula is C10H17N5O3S. The van der Waals surface area contributed by atoms with Crippen LogP contribution in [0.25, 0.3) is 0 Å². The molecule has 0 aliphatic heterocycles. The van der Waals surface area contributed by atoms with Crippen LogP contribution in [0.3, 0.4) is 0 Å². The Morgan fingerprint density at radius 3 is 2.63 bits per heavy atom. The van der Waals surface area contributed by atoms with Crippen molar-refractivity contribution < 1.29 is 13.2 Å². The lowest BCUT2D eigenvalue weighted by atomic mass is 10.0. The van der Waals surface area contributed by atoms with Crippen molar-refractivity contribution in [2.75, 3.05) is 5.43 Å². The average Bonchev–Trinajstić information content (AvgIpc) is 2.37. The Morgan fingerprint density at radius 1 is 1.53 bits per heavy atom. The van der Waals surface area contributed by atoms with Crippen molar-refractivity contribution in [2.45, 2.75) is 30.8 Å². The summed E-state index contributed by atoms with van der Waals surface area (Å²) in [5.74, 6) is 4.46. The minimum Gasteiger partial charge on any atom is -0.368 e. The Labute approximate surface area is 111 Å². The zero-order chi connectivity index (χ0) is 14.7. The van der Waals surface area contributed by atoms with Gasteiger partial charge in [-0.05, 0) is 25.5 Å². The molecule has 1 aromatic rings. The second-order valence-corrected chi connectivity index (χ2v) is 5.75. The molecular weight excluding hydrogens is 270 g/mol. The Bertz CT molecular complexity index is 574. The quantitative estimate of drug-likeness (QED) is 0.403. The van der Waals surface area contributed by atoms with Gasteiger partial charge in [0.15, 0.2) is 5.03 Å². The van der Waals surface area contributed by atoms with Gasteiger partial charge in [0, 0.05) is 6.20 Å². The summed E-state index contributed by atoms with van der Waals surface area (Å²) in [6.45, 7) is 3.05. The maximum Gasteiger partial charge on any atom is 0.261 e. The van der Waals surface area contributed by atoms with Crippen molar-refractivity contribution in [1.29, 1.82) is 0 Å². The van der Waals surface area contributed by atoms with E-state index < -0.39 is 21.5 Å². The SMILES string of the molecule is CCC(C)(NS(=O)(=O)c1ncccc1NN)C(N)=O. The van der Waals surface area contributed by atoms with E-state index in [0.29, 0.717) is 0 Å². The maximum atomic E-state index is 12.2. The van der Waals surface area contributed by atoms with Gasteiger partial charge in [-0.1, -0.05) is 6.92 Å². The number of carbonyl (C=O) groups excluding carboxylic acids is 1. The number of nitrogens with two attached hydrogens (primary N) is 2. The van der Waals surface area contributed by atoms with Crippen molar-refractivity contribution in [1.82, 2.24) is 9.71 Å². The van der Waals surface area contributed by atoms with Crippen LogP contribution in [0.15, 0.2) is 23.4 Å². The third-order valence-electron chi connectivity index (χ3n) is 2.79. The first-order valence-electron chi connectivity index (χ1n) is 5.52. The molecule has 1 amide bonds. The Morgan fingerprint density at radius 2 is 2.16 bits per heavy atom. The second kappa shape index (κ2) is 5.51. The van der Waals surface area contributed by atoms with Gasteiger partial charge in [0.05, 0.1) is 5.69 Å². The van der Waals surface area contributed by atoms with E-state index in [1.807, 2.05) is 0 Å². The fraction of sp³-hybridized carbons (Fsp3) is 0.400. The molecule has 0 saturated heterocycles. The lowest BCUT2D eigenvalue weighted by Crippen LogP contribution is -2.54. The molecule has 0 radical (unpaired) electrons. The van der Waals surface area contributed by atoms with Gasteiger partial charge in [-0.25, -0.2) is 13.4 Å². The molecule has 1 rings (SSSR count). The Kier molecular flexibility index (Phi) is 4.45. The van der Waals surface area contributed by atoms with Crippen molar-refractivity contribution in [3.63, 3.8) is 0 Å².